The maximum atomic E-state index is 12.2. The molecule has 8 heteroatoms. The van der Waals surface area contributed by atoms with Crippen LogP contribution in [0.4, 0.5) is 0 Å². The van der Waals surface area contributed by atoms with Gasteiger partial charge in [0.2, 0.25) is 5.91 Å². The molecule has 0 spiro atoms. The molecule has 2 heterocycles. The molecule has 1 aliphatic heterocycles. The average molecular weight is 356 g/mol. The third kappa shape index (κ3) is 4.99. The highest BCUT2D eigenvalue weighted by molar-refractivity contribution is 7.13. The first-order valence-electron chi connectivity index (χ1n) is 8.12. The number of ether oxygens (including phenoxy) is 2. The van der Waals surface area contributed by atoms with Crippen molar-refractivity contribution in [3.8, 4) is 0 Å². The van der Waals surface area contributed by atoms with Gasteiger partial charge in [0.25, 0.3) is 0 Å². The number of aromatic nitrogens is 1. The van der Waals surface area contributed by atoms with Crippen molar-refractivity contribution in [3.05, 3.63) is 15.6 Å². The molecular weight excluding hydrogens is 332 g/mol. The Balaban J connectivity index is 1.83. The molecule has 0 bridgehead atoms. The molecule has 2 N–H and O–H groups in total. The second-order valence-corrected chi connectivity index (χ2v) is 7.00. The zero-order valence-corrected chi connectivity index (χ0v) is 15.0. The summed E-state index contributed by atoms with van der Waals surface area (Å²) in [7, 11) is 0. The van der Waals surface area contributed by atoms with Crippen LogP contribution in [0, 0.1) is 6.92 Å². The van der Waals surface area contributed by atoms with E-state index in [0.29, 0.717) is 17.3 Å². The van der Waals surface area contributed by atoms with E-state index in [-0.39, 0.29) is 22.9 Å². The van der Waals surface area contributed by atoms with E-state index in [0.717, 1.165) is 37.2 Å². The number of amides is 1. The molecule has 3 atom stereocenters. The number of hydrogen-bond donors (Lipinski definition) is 2. The molecule has 1 amide bonds. The molecule has 134 valence electrons. The van der Waals surface area contributed by atoms with E-state index in [1.807, 2.05) is 0 Å². The summed E-state index contributed by atoms with van der Waals surface area (Å²) in [6.07, 6.45) is 2.63. The van der Waals surface area contributed by atoms with Crippen molar-refractivity contribution >= 4 is 23.2 Å². The molecule has 1 saturated heterocycles. The zero-order chi connectivity index (χ0) is 17.7. The van der Waals surface area contributed by atoms with Crippen LogP contribution < -0.4 is 5.32 Å². The Morgan fingerprint density at radius 2 is 2.21 bits per heavy atom. The maximum Gasteiger partial charge on any atom is 0.347 e. The van der Waals surface area contributed by atoms with Gasteiger partial charge in [-0.2, -0.15) is 0 Å². The van der Waals surface area contributed by atoms with Gasteiger partial charge in [-0.15, -0.1) is 11.3 Å². The minimum absolute atomic E-state index is 0.0613. The third-order valence-corrected chi connectivity index (χ3v) is 5.24. The summed E-state index contributed by atoms with van der Waals surface area (Å²) in [6.45, 7) is 6.27. The number of aromatic carboxylic acids is 1. The molecule has 7 nitrogen and oxygen atoms in total. The summed E-state index contributed by atoms with van der Waals surface area (Å²) in [6, 6.07) is -0.369. The standard InChI is InChI=1S/C16H24N2O5S/c1-9-13(16(20)21)24-15(18-9)10(2)17-14(19)11(3)23-8-12-6-4-5-7-22-12/h10-12H,4-8H2,1-3H3,(H,17,19)(H,20,21). The van der Waals surface area contributed by atoms with Crippen LogP contribution in [0.25, 0.3) is 0 Å². The Kier molecular flexibility index (Phi) is 6.70. The highest BCUT2D eigenvalue weighted by atomic mass is 32.1. The lowest BCUT2D eigenvalue weighted by molar-refractivity contribution is -0.136. The van der Waals surface area contributed by atoms with Gasteiger partial charge in [-0.25, -0.2) is 9.78 Å². The molecule has 0 aliphatic carbocycles. The van der Waals surface area contributed by atoms with Gasteiger partial charge in [0.15, 0.2) is 0 Å². The van der Waals surface area contributed by atoms with Crippen LogP contribution in [0.15, 0.2) is 0 Å². The van der Waals surface area contributed by atoms with Crippen molar-refractivity contribution in [1.29, 1.82) is 0 Å². The highest BCUT2D eigenvalue weighted by Crippen LogP contribution is 2.23. The minimum Gasteiger partial charge on any atom is -0.477 e. The predicted octanol–water partition coefficient (Wildman–Crippen LogP) is 2.30. The van der Waals surface area contributed by atoms with E-state index in [1.54, 1.807) is 20.8 Å². The van der Waals surface area contributed by atoms with E-state index in [1.165, 1.54) is 0 Å². The number of hydrogen-bond acceptors (Lipinski definition) is 6. The third-order valence-electron chi connectivity index (χ3n) is 3.91. The molecule has 3 unspecified atom stereocenters. The van der Waals surface area contributed by atoms with E-state index in [2.05, 4.69) is 10.3 Å². The summed E-state index contributed by atoms with van der Waals surface area (Å²) in [5.74, 6) is -1.25. The van der Waals surface area contributed by atoms with Crippen molar-refractivity contribution in [2.75, 3.05) is 13.2 Å². The van der Waals surface area contributed by atoms with E-state index >= 15 is 0 Å². The Morgan fingerprint density at radius 1 is 1.46 bits per heavy atom. The Morgan fingerprint density at radius 3 is 2.79 bits per heavy atom. The van der Waals surface area contributed by atoms with Crippen molar-refractivity contribution in [2.24, 2.45) is 0 Å². The molecule has 1 aromatic rings. The first-order chi connectivity index (χ1) is 11.4. The molecule has 0 radical (unpaired) electrons. The predicted molar refractivity (Wildman–Crippen MR) is 89.4 cm³/mol. The maximum absolute atomic E-state index is 12.2. The summed E-state index contributed by atoms with van der Waals surface area (Å²) < 4.78 is 11.2. The van der Waals surface area contributed by atoms with Gasteiger partial charge in [-0.05, 0) is 40.0 Å². The van der Waals surface area contributed by atoms with Crippen LogP contribution in [0.5, 0.6) is 0 Å². The summed E-state index contributed by atoms with van der Waals surface area (Å²) in [5.41, 5.74) is 0.461. The number of carbonyl (C=O) groups excluding carboxylic acids is 1. The lowest BCUT2D eigenvalue weighted by Gasteiger charge is -2.24. The number of thiazole rings is 1. The Labute approximate surface area is 145 Å². The Hall–Kier alpha value is -1.51. The normalized spacial score (nSPS) is 20.4. The number of nitrogens with one attached hydrogen (secondary N) is 1. The minimum atomic E-state index is -1.00. The first-order valence-corrected chi connectivity index (χ1v) is 8.94. The molecule has 24 heavy (non-hydrogen) atoms. The monoisotopic (exact) mass is 356 g/mol. The number of nitrogens with zero attached hydrogens (tertiary/aromatic N) is 1. The van der Waals surface area contributed by atoms with E-state index < -0.39 is 12.1 Å². The largest absolute Gasteiger partial charge is 0.477 e. The first kappa shape index (κ1) is 18.8. The van der Waals surface area contributed by atoms with Gasteiger partial charge in [-0.1, -0.05) is 0 Å². The number of carboxylic acid groups (broad SMARTS) is 1. The lowest BCUT2D eigenvalue weighted by atomic mass is 10.1. The van der Waals surface area contributed by atoms with Crippen LogP contribution in [0.1, 0.15) is 59.5 Å². The summed E-state index contributed by atoms with van der Waals surface area (Å²) in [5, 5.41) is 12.5. The van der Waals surface area contributed by atoms with Gasteiger partial charge >= 0.3 is 5.97 Å². The van der Waals surface area contributed by atoms with Crippen LogP contribution in [-0.4, -0.2) is 47.4 Å². The Bertz CT molecular complexity index is 583. The number of carbonyl (C=O) groups is 2. The van der Waals surface area contributed by atoms with Gasteiger partial charge in [0, 0.05) is 6.61 Å². The molecule has 0 aromatic carbocycles. The second kappa shape index (κ2) is 8.55. The quantitative estimate of drug-likeness (QED) is 0.778. The number of carboxylic acids is 1. The van der Waals surface area contributed by atoms with Gasteiger partial charge in [0.1, 0.15) is 16.0 Å². The van der Waals surface area contributed by atoms with Crippen LogP contribution >= 0.6 is 11.3 Å². The van der Waals surface area contributed by atoms with Crippen molar-refractivity contribution in [2.45, 2.75) is 58.3 Å². The fourth-order valence-electron chi connectivity index (χ4n) is 2.46. The fourth-order valence-corrected chi connectivity index (χ4v) is 3.37. The smallest absolute Gasteiger partial charge is 0.347 e. The van der Waals surface area contributed by atoms with Gasteiger partial charge in [-0.3, -0.25) is 4.79 Å². The van der Waals surface area contributed by atoms with Crippen molar-refractivity contribution in [3.63, 3.8) is 0 Å². The fraction of sp³-hybridized carbons (Fsp3) is 0.688. The van der Waals surface area contributed by atoms with Crippen molar-refractivity contribution < 1.29 is 24.2 Å². The highest BCUT2D eigenvalue weighted by Gasteiger charge is 2.23. The van der Waals surface area contributed by atoms with Crippen LogP contribution in [0.2, 0.25) is 0 Å². The molecule has 1 fully saturated rings. The molecule has 1 aliphatic rings. The SMILES string of the molecule is Cc1nc(C(C)NC(=O)C(C)OCC2CCCCO2)sc1C(=O)O. The summed E-state index contributed by atoms with van der Waals surface area (Å²) >= 11 is 1.08. The van der Waals surface area contributed by atoms with E-state index in [9.17, 15) is 9.59 Å². The molecular formula is C16H24N2O5S. The lowest BCUT2D eigenvalue weighted by Crippen LogP contribution is -2.38. The molecule has 0 saturated carbocycles. The van der Waals surface area contributed by atoms with Crippen LogP contribution in [0.3, 0.4) is 0 Å². The summed E-state index contributed by atoms with van der Waals surface area (Å²) in [4.78, 5) is 27.7. The molecule has 1 aromatic heterocycles. The van der Waals surface area contributed by atoms with Crippen LogP contribution in [-0.2, 0) is 14.3 Å². The van der Waals surface area contributed by atoms with Gasteiger partial charge in [0.05, 0.1) is 24.4 Å². The van der Waals surface area contributed by atoms with Crippen molar-refractivity contribution in [1.82, 2.24) is 10.3 Å². The van der Waals surface area contributed by atoms with E-state index in [4.69, 9.17) is 14.6 Å². The molecule has 2 rings (SSSR count). The zero-order valence-electron chi connectivity index (χ0n) is 14.2. The number of rotatable bonds is 7. The second-order valence-electron chi connectivity index (χ2n) is 5.97. The number of aryl methyl sites for hydroxylation is 1. The average Bonchev–Trinajstić information content (AvgIpc) is 2.95. The topological polar surface area (TPSA) is 97.8 Å². The van der Waals surface area contributed by atoms with Gasteiger partial charge < -0.3 is 19.9 Å².